The molecule has 0 aliphatic rings. The van der Waals surface area contributed by atoms with Gasteiger partial charge in [-0.1, -0.05) is 68.8 Å². The van der Waals surface area contributed by atoms with Crippen molar-refractivity contribution < 1.29 is 24.3 Å². The van der Waals surface area contributed by atoms with Gasteiger partial charge in [-0.2, -0.15) is 0 Å². The molecule has 0 saturated carbocycles. The van der Waals surface area contributed by atoms with E-state index in [9.17, 15) is 19.2 Å². The molecule has 7 N–H and O–H groups in total. The van der Waals surface area contributed by atoms with E-state index in [0.717, 1.165) is 22.0 Å². The summed E-state index contributed by atoms with van der Waals surface area (Å²) >= 11 is 0. The van der Waals surface area contributed by atoms with Crippen molar-refractivity contribution in [3.63, 3.8) is 0 Å². The van der Waals surface area contributed by atoms with Crippen LogP contribution in [0, 0.1) is 5.92 Å². The summed E-state index contributed by atoms with van der Waals surface area (Å²) in [4.78, 5) is 53.4. The van der Waals surface area contributed by atoms with Crippen LogP contribution in [0.5, 0.6) is 0 Å². The van der Waals surface area contributed by atoms with E-state index in [1.54, 1.807) is 13.1 Å². The van der Waals surface area contributed by atoms with Gasteiger partial charge < -0.3 is 31.8 Å². The zero-order chi connectivity index (χ0) is 27.7. The number of H-pyrrole nitrogens is 1. The second kappa shape index (κ2) is 13.4. The van der Waals surface area contributed by atoms with Crippen molar-refractivity contribution in [1.29, 1.82) is 0 Å². The highest BCUT2D eigenvalue weighted by Gasteiger charge is 2.31. The Labute approximate surface area is 221 Å². The molecule has 3 amide bonds. The fraction of sp³-hybridized carbons (Fsp3) is 0.357. The van der Waals surface area contributed by atoms with E-state index in [-0.39, 0.29) is 12.3 Å². The fourth-order valence-corrected chi connectivity index (χ4v) is 4.20. The van der Waals surface area contributed by atoms with Gasteiger partial charge >= 0.3 is 5.97 Å². The van der Waals surface area contributed by atoms with Gasteiger partial charge in [-0.15, -0.1) is 0 Å². The molecule has 3 aromatic rings. The van der Waals surface area contributed by atoms with Gasteiger partial charge in [0.15, 0.2) is 0 Å². The Bertz CT molecular complexity index is 1260. The number of benzene rings is 2. The van der Waals surface area contributed by atoms with Crippen molar-refractivity contribution in [3.8, 4) is 0 Å². The highest BCUT2D eigenvalue weighted by Crippen LogP contribution is 2.19. The zero-order valence-corrected chi connectivity index (χ0v) is 21.6. The summed E-state index contributed by atoms with van der Waals surface area (Å²) < 4.78 is 0. The third-order valence-electron chi connectivity index (χ3n) is 6.57. The quantitative estimate of drug-likeness (QED) is 0.199. The Morgan fingerprint density at radius 2 is 1.61 bits per heavy atom. The van der Waals surface area contributed by atoms with Gasteiger partial charge in [-0.3, -0.25) is 19.2 Å². The van der Waals surface area contributed by atoms with E-state index < -0.39 is 48.4 Å². The van der Waals surface area contributed by atoms with Crippen LogP contribution in [-0.2, 0) is 32.0 Å². The molecule has 0 fully saturated rings. The average Bonchev–Trinajstić information content (AvgIpc) is 3.32. The van der Waals surface area contributed by atoms with E-state index in [2.05, 4.69) is 20.9 Å². The Balaban J connectivity index is 1.82. The van der Waals surface area contributed by atoms with Crippen LogP contribution >= 0.6 is 0 Å². The van der Waals surface area contributed by atoms with Crippen LogP contribution in [0.15, 0.2) is 60.8 Å². The zero-order valence-electron chi connectivity index (χ0n) is 21.6. The number of hydrogen-bond donors (Lipinski definition) is 6. The first kappa shape index (κ1) is 28.4. The molecule has 0 radical (unpaired) electrons. The van der Waals surface area contributed by atoms with Crippen LogP contribution < -0.4 is 21.7 Å². The lowest BCUT2D eigenvalue weighted by atomic mass is 9.97. The summed E-state index contributed by atoms with van der Waals surface area (Å²) in [7, 11) is 0. The van der Waals surface area contributed by atoms with Crippen LogP contribution in [0.3, 0.4) is 0 Å². The number of amides is 3. The number of para-hydroxylation sites is 1. The molecular weight excluding hydrogens is 486 g/mol. The molecule has 10 heteroatoms. The maximum absolute atomic E-state index is 13.5. The highest BCUT2D eigenvalue weighted by molar-refractivity contribution is 5.94. The number of fused-ring (bicyclic) bond motifs is 1. The lowest BCUT2D eigenvalue weighted by molar-refractivity contribution is -0.139. The average molecular weight is 522 g/mol. The van der Waals surface area contributed by atoms with Gasteiger partial charge in [0, 0.05) is 23.5 Å². The first-order chi connectivity index (χ1) is 18.2. The topological polar surface area (TPSA) is 166 Å². The monoisotopic (exact) mass is 521 g/mol. The van der Waals surface area contributed by atoms with Crippen molar-refractivity contribution in [2.45, 2.75) is 51.2 Å². The predicted molar refractivity (Wildman–Crippen MR) is 144 cm³/mol. The second-order valence-electron chi connectivity index (χ2n) is 9.40. The molecule has 1 heterocycles. The lowest BCUT2D eigenvalue weighted by Crippen LogP contribution is -2.58. The fourth-order valence-electron chi connectivity index (χ4n) is 4.20. The number of carbonyl (C=O) groups is 4. The molecule has 38 heavy (non-hydrogen) atoms. The maximum Gasteiger partial charge on any atom is 0.322 e. The van der Waals surface area contributed by atoms with Crippen molar-refractivity contribution in [2.75, 3.05) is 6.54 Å². The summed E-state index contributed by atoms with van der Waals surface area (Å²) in [5.41, 5.74) is 8.77. The third-order valence-corrected chi connectivity index (χ3v) is 6.57. The summed E-state index contributed by atoms with van der Waals surface area (Å²) in [6, 6.07) is 14.0. The van der Waals surface area contributed by atoms with Gasteiger partial charge in [-0.25, -0.2) is 0 Å². The molecule has 202 valence electrons. The van der Waals surface area contributed by atoms with Crippen LogP contribution in [-0.4, -0.2) is 58.5 Å². The second-order valence-corrected chi connectivity index (χ2v) is 9.40. The van der Waals surface area contributed by atoms with Gasteiger partial charge in [0.25, 0.3) is 0 Å². The first-order valence-electron chi connectivity index (χ1n) is 12.6. The van der Waals surface area contributed by atoms with Gasteiger partial charge in [0.2, 0.25) is 17.7 Å². The number of aromatic nitrogens is 1. The molecule has 2 aromatic carbocycles. The number of hydrogen-bond acceptors (Lipinski definition) is 5. The van der Waals surface area contributed by atoms with Crippen molar-refractivity contribution in [3.05, 3.63) is 71.9 Å². The molecule has 10 nitrogen and oxygen atoms in total. The van der Waals surface area contributed by atoms with E-state index in [1.807, 2.05) is 61.5 Å². The molecular formula is C28H35N5O5. The van der Waals surface area contributed by atoms with Crippen molar-refractivity contribution in [1.82, 2.24) is 20.9 Å². The smallest absolute Gasteiger partial charge is 0.322 e. The Morgan fingerprint density at radius 3 is 2.29 bits per heavy atom. The minimum atomic E-state index is -1.19. The number of aromatic amines is 1. The molecule has 4 atom stereocenters. The molecule has 1 aromatic heterocycles. The van der Waals surface area contributed by atoms with Crippen molar-refractivity contribution in [2.24, 2.45) is 11.7 Å². The summed E-state index contributed by atoms with van der Waals surface area (Å²) in [5, 5.41) is 17.7. The number of nitrogens with one attached hydrogen (secondary N) is 4. The molecule has 0 spiro atoms. The number of carboxylic acid groups (broad SMARTS) is 1. The molecule has 0 bridgehead atoms. The number of carbonyl (C=O) groups excluding carboxylic acids is 3. The first-order valence-corrected chi connectivity index (χ1v) is 12.6. The predicted octanol–water partition coefficient (Wildman–Crippen LogP) is 1.50. The molecule has 4 unspecified atom stereocenters. The lowest BCUT2D eigenvalue weighted by Gasteiger charge is -2.27. The van der Waals surface area contributed by atoms with Crippen LogP contribution in [0.2, 0.25) is 0 Å². The summed E-state index contributed by atoms with van der Waals surface area (Å²) in [6.45, 7) is 3.09. The SMILES string of the molecule is CCC(C)C(NC(=O)C(Cc1c[nH]c2ccccc12)NC(=O)C(N)Cc1ccccc1)C(=O)NCC(=O)O. The Morgan fingerprint density at radius 1 is 0.921 bits per heavy atom. The summed E-state index contributed by atoms with van der Waals surface area (Å²) in [6.07, 6.45) is 2.80. The number of rotatable bonds is 13. The van der Waals surface area contributed by atoms with Crippen LogP contribution in [0.25, 0.3) is 10.9 Å². The Hall–Kier alpha value is -4.18. The van der Waals surface area contributed by atoms with Gasteiger partial charge in [-0.05, 0) is 29.5 Å². The van der Waals surface area contributed by atoms with Gasteiger partial charge in [0.05, 0.1) is 6.04 Å². The van der Waals surface area contributed by atoms with E-state index in [0.29, 0.717) is 12.8 Å². The van der Waals surface area contributed by atoms with Crippen LogP contribution in [0.1, 0.15) is 31.4 Å². The van der Waals surface area contributed by atoms with E-state index >= 15 is 0 Å². The number of carboxylic acids is 1. The highest BCUT2D eigenvalue weighted by atomic mass is 16.4. The largest absolute Gasteiger partial charge is 0.480 e. The minimum absolute atomic E-state index is 0.156. The third kappa shape index (κ3) is 7.66. The van der Waals surface area contributed by atoms with E-state index in [4.69, 9.17) is 10.8 Å². The normalized spacial score (nSPS) is 14.2. The molecule has 3 rings (SSSR count). The van der Waals surface area contributed by atoms with Crippen LogP contribution in [0.4, 0.5) is 0 Å². The molecule has 0 aliphatic heterocycles. The molecule has 0 aliphatic carbocycles. The van der Waals surface area contributed by atoms with Crippen molar-refractivity contribution >= 4 is 34.6 Å². The number of aliphatic carboxylic acids is 1. The van der Waals surface area contributed by atoms with Gasteiger partial charge in [0.1, 0.15) is 18.6 Å². The summed E-state index contributed by atoms with van der Waals surface area (Å²) in [5.74, 6) is -3.13. The van der Waals surface area contributed by atoms with E-state index in [1.165, 1.54) is 0 Å². The minimum Gasteiger partial charge on any atom is -0.480 e. The molecule has 0 saturated heterocycles. The number of nitrogens with two attached hydrogens (primary N) is 1. The maximum atomic E-state index is 13.5. The Kier molecular flexibility index (Phi) is 10.0. The standard InChI is InChI=1S/C28H35N5O5/c1-3-17(2)25(28(38)31-16-24(34)35)33-27(37)23(14-19-15-30-22-12-8-7-11-20(19)22)32-26(36)21(29)13-18-9-5-4-6-10-18/h4-12,15,17,21,23,25,30H,3,13-14,16,29H2,1-2H3,(H,31,38)(H,32,36)(H,33,37)(H,34,35).